The van der Waals surface area contributed by atoms with Crippen LogP contribution in [0.15, 0.2) is 48.6 Å². The van der Waals surface area contributed by atoms with E-state index in [1.54, 1.807) is 0 Å². The summed E-state index contributed by atoms with van der Waals surface area (Å²) in [6, 6.07) is -0.801. The number of rotatable bonds is 69. The van der Waals surface area contributed by atoms with Gasteiger partial charge in [-0.1, -0.05) is 364 Å². The highest BCUT2D eigenvalue weighted by molar-refractivity contribution is 7.45. The van der Waals surface area contributed by atoms with E-state index in [2.05, 4.69) is 67.8 Å². The molecule has 0 saturated heterocycles. The van der Waals surface area contributed by atoms with Gasteiger partial charge in [0.05, 0.1) is 39.9 Å². The lowest BCUT2D eigenvalue weighted by atomic mass is 10.0. The van der Waals surface area contributed by atoms with Crippen molar-refractivity contribution in [2.24, 2.45) is 0 Å². The lowest BCUT2D eigenvalue weighted by Gasteiger charge is -2.30. The summed E-state index contributed by atoms with van der Waals surface area (Å²) in [5, 5.41) is 14.1. The van der Waals surface area contributed by atoms with E-state index in [9.17, 15) is 19.4 Å². The van der Waals surface area contributed by atoms with Crippen LogP contribution in [0, 0.1) is 0 Å². The number of carbonyl (C=O) groups excluding carboxylic acids is 1. The first-order valence-electron chi connectivity index (χ1n) is 37.0. The molecule has 3 atom stereocenters. The Labute approximate surface area is 524 Å². The highest BCUT2D eigenvalue weighted by atomic mass is 31.2. The van der Waals surface area contributed by atoms with Crippen molar-refractivity contribution >= 4 is 13.7 Å². The Morgan fingerprint density at radius 2 is 0.726 bits per heavy atom. The van der Waals surface area contributed by atoms with Gasteiger partial charge in [0.2, 0.25) is 5.91 Å². The van der Waals surface area contributed by atoms with Crippen LogP contribution in [0.5, 0.6) is 0 Å². The molecule has 0 aromatic rings. The molecule has 0 aromatic carbocycles. The summed E-state index contributed by atoms with van der Waals surface area (Å²) in [7, 11) is 1.32. The molecule has 0 radical (unpaired) electrons. The summed E-state index contributed by atoms with van der Waals surface area (Å²) >= 11 is 0. The Bertz CT molecular complexity index is 1510. The molecule has 0 aliphatic rings. The summed E-state index contributed by atoms with van der Waals surface area (Å²) in [5.41, 5.74) is 0. The Kier molecular flexibility index (Phi) is 64.7. The molecule has 0 saturated carbocycles. The zero-order chi connectivity index (χ0) is 61.2. The third-order valence-electron chi connectivity index (χ3n) is 17.1. The maximum Gasteiger partial charge on any atom is 0.268 e. The number of unbranched alkanes of at least 4 members (excludes halogenated alkanes) is 48. The third kappa shape index (κ3) is 68.0. The van der Waals surface area contributed by atoms with Crippen molar-refractivity contribution in [3.05, 3.63) is 48.6 Å². The zero-order valence-corrected chi connectivity index (χ0v) is 57.8. The molecule has 84 heavy (non-hydrogen) atoms. The SMILES string of the molecule is CC/C=C\C/C=C\C/C=C\C/C=C\CCCCCCCCCCCCCCCCCCCCCCCCC(=O)NC(COP(=O)([O-])OCC[N+](C)(C)C)C(O)CCCCCCCCCCCCCCCCCCCCCCCCCCCCC. The maximum atomic E-state index is 13.1. The summed E-state index contributed by atoms with van der Waals surface area (Å²) in [6.45, 7) is 4.67. The normalized spacial score (nSPS) is 13.8. The van der Waals surface area contributed by atoms with E-state index in [0.29, 0.717) is 23.9 Å². The van der Waals surface area contributed by atoms with Gasteiger partial charge in [0, 0.05) is 6.42 Å². The molecule has 0 rings (SSSR count). The topological polar surface area (TPSA) is 108 Å². The highest BCUT2D eigenvalue weighted by Crippen LogP contribution is 2.38. The third-order valence-corrected chi connectivity index (χ3v) is 18.0. The van der Waals surface area contributed by atoms with Crippen LogP contribution in [0.4, 0.5) is 0 Å². The van der Waals surface area contributed by atoms with Crippen LogP contribution < -0.4 is 10.2 Å². The molecule has 0 bridgehead atoms. The van der Waals surface area contributed by atoms with Crippen LogP contribution in [-0.2, 0) is 18.4 Å². The van der Waals surface area contributed by atoms with E-state index >= 15 is 0 Å². The zero-order valence-electron chi connectivity index (χ0n) is 56.9. The first-order chi connectivity index (χ1) is 41.0. The summed E-state index contributed by atoms with van der Waals surface area (Å²) in [4.78, 5) is 25.7. The molecule has 496 valence electrons. The van der Waals surface area contributed by atoms with Crippen molar-refractivity contribution in [2.45, 2.75) is 386 Å². The van der Waals surface area contributed by atoms with Crippen LogP contribution in [0.2, 0.25) is 0 Å². The first-order valence-corrected chi connectivity index (χ1v) is 38.4. The van der Waals surface area contributed by atoms with Crippen molar-refractivity contribution in [1.29, 1.82) is 0 Å². The Morgan fingerprint density at radius 1 is 0.429 bits per heavy atom. The fourth-order valence-corrected chi connectivity index (χ4v) is 12.1. The number of allylic oxidation sites excluding steroid dienone is 8. The fraction of sp³-hybridized carbons (Fsp3) is 0.880. The van der Waals surface area contributed by atoms with Gasteiger partial charge in [0.1, 0.15) is 13.2 Å². The second kappa shape index (κ2) is 65.9. The fourth-order valence-electron chi connectivity index (χ4n) is 11.4. The first kappa shape index (κ1) is 82.5. The number of phosphoric ester groups is 1. The molecule has 2 N–H and O–H groups in total. The van der Waals surface area contributed by atoms with Gasteiger partial charge in [-0.25, -0.2) is 0 Å². The number of phosphoric acid groups is 1. The van der Waals surface area contributed by atoms with Crippen molar-refractivity contribution in [1.82, 2.24) is 5.32 Å². The summed E-state index contributed by atoms with van der Waals surface area (Å²) in [5.74, 6) is -0.157. The number of hydrogen-bond donors (Lipinski definition) is 2. The standard InChI is InChI=1S/C75H145N2O6P/c1-6-8-10-12-14-16-18-20-22-24-26-28-30-32-34-35-36-37-38-39-40-41-43-45-47-49-51-53-55-57-59-61-63-65-67-69-75(79)76-73(72-83-84(80,81)82-71-70-77(3,4)5)74(78)68-66-64-62-60-58-56-54-52-50-48-46-44-42-33-31-29-27-25-23-21-19-17-15-13-11-9-7-2/h8,10,14,16,20,22,26,28,73-74,78H,6-7,9,11-13,15,17-19,21,23-25,27,29-72H2,1-5H3,(H-,76,79,80,81)/b10-8-,16-14-,22-20-,28-26-. The van der Waals surface area contributed by atoms with E-state index in [-0.39, 0.29) is 19.1 Å². The maximum absolute atomic E-state index is 13.1. The summed E-state index contributed by atoms with van der Waals surface area (Å²) < 4.78 is 23.6. The molecule has 0 aliphatic carbocycles. The smallest absolute Gasteiger partial charge is 0.268 e. The number of hydrogen-bond acceptors (Lipinski definition) is 6. The van der Waals surface area contributed by atoms with Crippen molar-refractivity contribution in [3.8, 4) is 0 Å². The van der Waals surface area contributed by atoms with Crippen molar-refractivity contribution in [2.75, 3.05) is 40.9 Å². The minimum atomic E-state index is -4.58. The largest absolute Gasteiger partial charge is 0.756 e. The van der Waals surface area contributed by atoms with Crippen molar-refractivity contribution in [3.63, 3.8) is 0 Å². The van der Waals surface area contributed by atoms with Crippen LogP contribution in [0.3, 0.4) is 0 Å². The van der Waals surface area contributed by atoms with Gasteiger partial charge in [0.15, 0.2) is 0 Å². The van der Waals surface area contributed by atoms with Crippen LogP contribution >= 0.6 is 7.82 Å². The number of carbonyl (C=O) groups is 1. The average molecular weight is 1200 g/mol. The molecular formula is C75H145N2O6P. The lowest BCUT2D eigenvalue weighted by Crippen LogP contribution is -2.46. The van der Waals surface area contributed by atoms with Gasteiger partial charge in [0.25, 0.3) is 7.82 Å². The molecule has 9 heteroatoms. The Hall–Kier alpha value is -1.54. The van der Waals surface area contributed by atoms with Crippen LogP contribution in [-0.4, -0.2) is 68.5 Å². The number of nitrogens with one attached hydrogen (secondary N) is 1. The second-order valence-electron chi connectivity index (χ2n) is 26.6. The van der Waals surface area contributed by atoms with E-state index in [1.165, 1.54) is 283 Å². The van der Waals surface area contributed by atoms with E-state index < -0.39 is 20.0 Å². The molecule has 0 spiro atoms. The van der Waals surface area contributed by atoms with Crippen LogP contribution in [0.1, 0.15) is 373 Å². The van der Waals surface area contributed by atoms with Crippen molar-refractivity contribution < 1.29 is 32.9 Å². The molecule has 0 fully saturated rings. The number of aliphatic hydroxyl groups excluding tert-OH is 1. The molecule has 0 aliphatic heterocycles. The molecule has 8 nitrogen and oxygen atoms in total. The highest BCUT2D eigenvalue weighted by Gasteiger charge is 2.24. The molecule has 0 aromatic heterocycles. The molecule has 0 heterocycles. The molecule has 3 unspecified atom stereocenters. The minimum absolute atomic E-state index is 0.0142. The van der Waals surface area contributed by atoms with E-state index in [4.69, 9.17) is 9.05 Å². The predicted octanol–water partition coefficient (Wildman–Crippen LogP) is 23.2. The van der Waals surface area contributed by atoms with Gasteiger partial charge in [-0.3, -0.25) is 9.36 Å². The number of likely N-dealkylation sites (N-methyl/N-ethyl adjacent to an activating group) is 1. The van der Waals surface area contributed by atoms with Gasteiger partial charge < -0.3 is 28.8 Å². The minimum Gasteiger partial charge on any atom is -0.756 e. The number of aliphatic hydroxyl groups is 1. The van der Waals surface area contributed by atoms with Crippen LogP contribution in [0.25, 0.3) is 0 Å². The quantitative estimate of drug-likeness (QED) is 0.0272. The van der Waals surface area contributed by atoms with Gasteiger partial charge >= 0.3 is 0 Å². The molecular weight excluding hydrogens is 1060 g/mol. The Balaban J connectivity index is 3.95. The number of nitrogens with zero attached hydrogens (tertiary/aromatic N) is 1. The van der Waals surface area contributed by atoms with Gasteiger partial charge in [-0.15, -0.1) is 0 Å². The Morgan fingerprint density at radius 3 is 1.06 bits per heavy atom. The lowest BCUT2D eigenvalue weighted by molar-refractivity contribution is -0.870. The number of amides is 1. The number of quaternary nitrogens is 1. The second-order valence-corrected chi connectivity index (χ2v) is 28.0. The average Bonchev–Trinajstić information content (AvgIpc) is 3.56. The monoisotopic (exact) mass is 1200 g/mol. The summed E-state index contributed by atoms with van der Waals surface area (Å²) in [6.07, 6.45) is 89.2. The van der Waals surface area contributed by atoms with E-state index in [1.807, 2.05) is 21.1 Å². The van der Waals surface area contributed by atoms with Gasteiger partial charge in [-0.2, -0.15) is 0 Å². The molecule has 1 amide bonds. The van der Waals surface area contributed by atoms with Gasteiger partial charge in [-0.05, 0) is 51.4 Å². The van der Waals surface area contributed by atoms with E-state index in [0.717, 1.165) is 64.2 Å². The predicted molar refractivity (Wildman–Crippen MR) is 367 cm³/mol.